The molecule has 0 fully saturated rings. The summed E-state index contributed by atoms with van der Waals surface area (Å²) >= 11 is 0. The van der Waals surface area contributed by atoms with Crippen LogP contribution in [0.4, 0.5) is 26.0 Å². The average Bonchev–Trinajstić information content (AvgIpc) is 3.56. The van der Waals surface area contributed by atoms with Crippen LogP contribution >= 0.6 is 0 Å². The molecule has 0 unspecified atom stereocenters. The molecule has 0 bridgehead atoms. The van der Waals surface area contributed by atoms with E-state index in [1.807, 2.05) is 118 Å². The third-order valence-electron chi connectivity index (χ3n) is 10.1. The molecule has 0 aliphatic heterocycles. The fourth-order valence-electron chi connectivity index (χ4n) is 7.26. The maximum atomic E-state index is 14.3. The second kappa shape index (κ2) is 16.0. The number of nitrogen functional groups attached to an aromatic ring is 1. The van der Waals surface area contributed by atoms with Gasteiger partial charge in [-0.2, -0.15) is 5.10 Å². The molecule has 3 N–H and O–H groups in total. The first kappa shape index (κ1) is 38.9. The lowest BCUT2D eigenvalue weighted by Crippen LogP contribution is -2.38. The normalized spacial score (nSPS) is 11.9. The Balaban J connectivity index is 1.43. The van der Waals surface area contributed by atoms with Gasteiger partial charge in [0, 0.05) is 36.4 Å². The lowest BCUT2D eigenvalue weighted by Gasteiger charge is -2.37. The molecule has 0 radical (unpaired) electrons. The molecule has 0 saturated heterocycles. The number of nitrogens with one attached hydrogen (secondary N) is 1. The molecule has 57 heavy (non-hydrogen) atoms. The fraction of sp³-hybridized carbons (Fsp3) is 0.156. The molecule has 1 aromatic heterocycles. The van der Waals surface area contributed by atoms with Crippen LogP contribution in [-0.4, -0.2) is 63.2 Å². The standard InChI is InChI=1S/C45H42F2N6O3S/c1-51(2)24-13-25-52(3)36-20-22-39(41(48)29-36)44(54)49-43-40-30-37(57(55,56)38-27-34(46)26-35(47)28-38)21-23-42(40)53(50-43)45(31-14-7-4-8-15-31,32-16-9-5-10-17-32)33-18-11-6-12-19-33/h4-12,14-23,26-30H,13,24-25,48H2,1-3H3,(H,49,50,54). The van der Waals surface area contributed by atoms with Gasteiger partial charge in [-0.05, 0) is 92.3 Å². The molecule has 7 aromatic rings. The molecular formula is C45H42F2N6O3S. The first-order valence-electron chi connectivity index (χ1n) is 18.4. The van der Waals surface area contributed by atoms with E-state index in [1.165, 1.54) is 12.1 Å². The van der Waals surface area contributed by atoms with Crippen molar-refractivity contribution in [2.45, 2.75) is 21.8 Å². The number of halogens is 2. The van der Waals surface area contributed by atoms with Gasteiger partial charge in [-0.3, -0.25) is 4.79 Å². The fourth-order valence-corrected chi connectivity index (χ4v) is 8.59. The third kappa shape index (κ3) is 7.61. The summed E-state index contributed by atoms with van der Waals surface area (Å²) in [6, 6.07) is 41.0. The summed E-state index contributed by atoms with van der Waals surface area (Å²) in [6.07, 6.45) is 0.934. The number of rotatable bonds is 13. The Morgan fingerprint density at radius 2 is 1.28 bits per heavy atom. The highest BCUT2D eigenvalue weighted by atomic mass is 32.2. The number of carbonyl (C=O) groups is 1. The summed E-state index contributed by atoms with van der Waals surface area (Å²) in [4.78, 5) is 17.6. The number of sulfone groups is 1. The van der Waals surface area contributed by atoms with Crippen molar-refractivity contribution in [2.24, 2.45) is 0 Å². The number of amides is 1. The lowest BCUT2D eigenvalue weighted by molar-refractivity contribution is 0.102. The summed E-state index contributed by atoms with van der Waals surface area (Å²) in [5, 5.41) is 8.32. The number of nitrogens with two attached hydrogens (primary N) is 1. The molecule has 290 valence electrons. The predicted octanol–water partition coefficient (Wildman–Crippen LogP) is 8.21. The second-order valence-corrected chi connectivity index (χ2v) is 16.1. The highest BCUT2D eigenvalue weighted by molar-refractivity contribution is 7.91. The molecule has 0 atom stereocenters. The van der Waals surface area contributed by atoms with E-state index in [2.05, 4.69) is 15.1 Å². The molecule has 7 rings (SSSR count). The van der Waals surface area contributed by atoms with Gasteiger partial charge in [-0.25, -0.2) is 21.9 Å². The highest BCUT2D eigenvalue weighted by Gasteiger charge is 2.41. The molecule has 1 amide bonds. The zero-order chi connectivity index (χ0) is 40.3. The van der Waals surface area contributed by atoms with Gasteiger partial charge in [0.25, 0.3) is 5.91 Å². The Kier molecular flexibility index (Phi) is 10.9. The van der Waals surface area contributed by atoms with Gasteiger partial charge >= 0.3 is 0 Å². The minimum Gasteiger partial charge on any atom is -0.398 e. The lowest BCUT2D eigenvalue weighted by atomic mass is 9.77. The second-order valence-electron chi connectivity index (χ2n) is 14.2. The number of hydrogen-bond acceptors (Lipinski definition) is 7. The number of hydrogen-bond donors (Lipinski definition) is 2. The predicted molar refractivity (Wildman–Crippen MR) is 221 cm³/mol. The molecule has 6 aromatic carbocycles. The Labute approximate surface area is 330 Å². The van der Waals surface area contributed by atoms with E-state index in [4.69, 9.17) is 10.8 Å². The number of aromatic nitrogens is 2. The molecule has 0 aliphatic rings. The van der Waals surface area contributed by atoms with E-state index >= 15 is 0 Å². The molecule has 9 nitrogen and oxygen atoms in total. The van der Waals surface area contributed by atoms with Crippen molar-refractivity contribution >= 4 is 43.8 Å². The summed E-state index contributed by atoms with van der Waals surface area (Å²) in [7, 11) is 1.56. The smallest absolute Gasteiger partial charge is 0.258 e. The van der Waals surface area contributed by atoms with E-state index in [-0.39, 0.29) is 27.4 Å². The van der Waals surface area contributed by atoms with Crippen LogP contribution in [0, 0.1) is 11.6 Å². The van der Waals surface area contributed by atoms with Gasteiger partial charge in [-0.15, -0.1) is 0 Å². The van der Waals surface area contributed by atoms with Crippen LogP contribution in [0.15, 0.2) is 155 Å². The Hall–Kier alpha value is -6.37. The summed E-state index contributed by atoms with van der Waals surface area (Å²) in [5.41, 5.74) is 9.64. The average molecular weight is 785 g/mol. The topological polar surface area (TPSA) is 114 Å². The van der Waals surface area contributed by atoms with Crippen molar-refractivity contribution in [3.8, 4) is 0 Å². The quantitative estimate of drug-likeness (QED) is 0.0896. The van der Waals surface area contributed by atoms with Gasteiger partial charge < -0.3 is 20.9 Å². The van der Waals surface area contributed by atoms with Gasteiger partial charge in [-0.1, -0.05) is 91.0 Å². The molecule has 0 aliphatic carbocycles. The van der Waals surface area contributed by atoms with Crippen LogP contribution < -0.4 is 16.0 Å². The van der Waals surface area contributed by atoms with E-state index in [1.54, 1.807) is 22.9 Å². The van der Waals surface area contributed by atoms with Crippen LogP contribution in [0.25, 0.3) is 10.9 Å². The van der Waals surface area contributed by atoms with Crippen LogP contribution in [0.1, 0.15) is 33.5 Å². The van der Waals surface area contributed by atoms with Crippen molar-refractivity contribution in [3.63, 3.8) is 0 Å². The van der Waals surface area contributed by atoms with Crippen LogP contribution in [0.2, 0.25) is 0 Å². The number of anilines is 3. The number of carbonyl (C=O) groups excluding carboxylic acids is 1. The van der Waals surface area contributed by atoms with Crippen LogP contribution in [0.5, 0.6) is 0 Å². The van der Waals surface area contributed by atoms with E-state index in [0.29, 0.717) is 11.6 Å². The van der Waals surface area contributed by atoms with Crippen molar-refractivity contribution in [3.05, 3.63) is 179 Å². The summed E-state index contributed by atoms with van der Waals surface area (Å²) in [5.74, 6) is -2.57. The molecule has 0 spiro atoms. The maximum absolute atomic E-state index is 14.3. The first-order chi connectivity index (χ1) is 27.4. The third-order valence-corrected chi connectivity index (χ3v) is 11.8. The summed E-state index contributed by atoms with van der Waals surface area (Å²) < 4.78 is 58.4. The Bertz CT molecular complexity index is 2540. The molecule has 0 saturated carbocycles. The zero-order valence-electron chi connectivity index (χ0n) is 31.7. The maximum Gasteiger partial charge on any atom is 0.258 e. The van der Waals surface area contributed by atoms with Gasteiger partial charge in [0.05, 0.1) is 20.9 Å². The van der Waals surface area contributed by atoms with Gasteiger partial charge in [0.2, 0.25) is 9.84 Å². The number of fused-ring (bicyclic) bond motifs is 1. The van der Waals surface area contributed by atoms with E-state index in [9.17, 15) is 22.0 Å². The van der Waals surface area contributed by atoms with E-state index < -0.39 is 37.8 Å². The van der Waals surface area contributed by atoms with Crippen molar-refractivity contribution < 1.29 is 22.0 Å². The largest absolute Gasteiger partial charge is 0.398 e. The van der Waals surface area contributed by atoms with Gasteiger partial charge in [0.1, 0.15) is 17.2 Å². The van der Waals surface area contributed by atoms with Crippen LogP contribution in [0.3, 0.4) is 0 Å². The molecular weight excluding hydrogens is 743 g/mol. The number of nitrogens with zero attached hydrogens (tertiary/aromatic N) is 4. The van der Waals surface area contributed by atoms with Crippen molar-refractivity contribution in [1.29, 1.82) is 0 Å². The summed E-state index contributed by atoms with van der Waals surface area (Å²) in [6.45, 7) is 1.70. The Morgan fingerprint density at radius 1 is 0.719 bits per heavy atom. The minimum atomic E-state index is -4.44. The monoisotopic (exact) mass is 784 g/mol. The molecule has 1 heterocycles. The first-order valence-corrected chi connectivity index (χ1v) is 19.9. The minimum absolute atomic E-state index is 0.0499. The van der Waals surface area contributed by atoms with Crippen molar-refractivity contribution in [2.75, 3.05) is 50.2 Å². The Morgan fingerprint density at radius 3 is 1.81 bits per heavy atom. The van der Waals surface area contributed by atoms with Crippen molar-refractivity contribution in [1.82, 2.24) is 14.7 Å². The molecule has 12 heteroatoms. The highest BCUT2D eigenvalue weighted by Crippen LogP contribution is 2.44. The van der Waals surface area contributed by atoms with Gasteiger partial charge in [0.15, 0.2) is 5.82 Å². The SMILES string of the molecule is CN(C)CCCN(C)c1ccc(C(=O)Nc2nn(C(c3ccccc3)(c3ccccc3)c3ccccc3)c3ccc(S(=O)(=O)c4cc(F)cc(F)c4)cc23)c(N)c1. The number of benzene rings is 6. The van der Waals surface area contributed by atoms with Crippen LogP contribution in [-0.2, 0) is 15.4 Å². The van der Waals surface area contributed by atoms with E-state index in [0.717, 1.165) is 54.0 Å². The zero-order valence-corrected chi connectivity index (χ0v) is 32.5.